The second-order valence-corrected chi connectivity index (χ2v) is 10.4. The van der Waals surface area contributed by atoms with Gasteiger partial charge in [-0.1, -0.05) is 18.0 Å². The molecule has 31 heavy (non-hydrogen) atoms. The molecule has 0 unspecified atom stereocenters. The van der Waals surface area contributed by atoms with Crippen LogP contribution in [0.5, 0.6) is 0 Å². The van der Waals surface area contributed by atoms with Gasteiger partial charge in [0.2, 0.25) is 17.6 Å². The molecule has 1 aromatic heterocycles. The van der Waals surface area contributed by atoms with Crippen molar-refractivity contribution in [3.8, 4) is 11.4 Å². The summed E-state index contributed by atoms with van der Waals surface area (Å²) in [6.45, 7) is 0.340. The minimum atomic E-state index is -3.56. The highest BCUT2D eigenvalue weighted by Gasteiger charge is 2.39. The molecule has 2 aliphatic rings. The predicted octanol–water partition coefficient (Wildman–Crippen LogP) is 2.06. The number of hydrogen-bond acceptors (Lipinski definition) is 7. The molecule has 1 amide bonds. The number of alkyl halides is 1. The van der Waals surface area contributed by atoms with E-state index < -0.39 is 33.8 Å². The monoisotopic (exact) mass is 454 g/mol. The van der Waals surface area contributed by atoms with Gasteiger partial charge in [0.25, 0.3) is 0 Å². The molecule has 2 heterocycles. The van der Waals surface area contributed by atoms with Gasteiger partial charge in [0.1, 0.15) is 12.0 Å². The molecular weight excluding hydrogens is 430 g/mol. The highest BCUT2D eigenvalue weighted by molar-refractivity contribution is 7.90. The van der Waals surface area contributed by atoms with Crippen molar-refractivity contribution in [2.24, 2.45) is 11.7 Å². The van der Waals surface area contributed by atoms with Gasteiger partial charge < -0.3 is 15.2 Å². The molecule has 2 aromatic rings. The van der Waals surface area contributed by atoms with Crippen molar-refractivity contribution in [1.29, 1.82) is 0 Å². The van der Waals surface area contributed by atoms with Crippen LogP contribution in [0.25, 0.3) is 11.4 Å². The number of halogens is 2. The second kappa shape index (κ2) is 8.27. The lowest BCUT2D eigenvalue weighted by molar-refractivity contribution is -0.132. The molecule has 168 valence electrons. The van der Waals surface area contributed by atoms with Gasteiger partial charge in [0, 0.05) is 12.8 Å². The summed E-state index contributed by atoms with van der Waals surface area (Å²) >= 11 is 0. The standard InChI is InChI=1S/C20H24F2N4O4S/c1-31(28,29)13-4-5-14(16(22)9-13)18-24-19(30-25-18)15(8-11-2-3-11)17(23)20(27)26-7-6-12(21)10-26/h4-5,9,11-12,15,17H,2-3,6-8,10,23H2,1H3/t12-,15-,17-/m0/s1. The van der Waals surface area contributed by atoms with Crippen LogP contribution in [-0.4, -0.2) is 60.9 Å². The van der Waals surface area contributed by atoms with Crippen molar-refractivity contribution in [3.63, 3.8) is 0 Å². The van der Waals surface area contributed by atoms with Crippen LogP contribution < -0.4 is 5.73 Å². The zero-order valence-electron chi connectivity index (χ0n) is 17.0. The van der Waals surface area contributed by atoms with Gasteiger partial charge in [-0.25, -0.2) is 17.2 Å². The molecule has 0 radical (unpaired) electrons. The minimum Gasteiger partial charge on any atom is -0.339 e. The smallest absolute Gasteiger partial charge is 0.240 e. The number of aromatic nitrogens is 2. The zero-order chi connectivity index (χ0) is 22.3. The molecule has 2 fully saturated rings. The van der Waals surface area contributed by atoms with Crippen molar-refractivity contribution in [2.45, 2.75) is 48.7 Å². The molecule has 0 bridgehead atoms. The maximum absolute atomic E-state index is 14.5. The topological polar surface area (TPSA) is 119 Å². The molecule has 11 heteroatoms. The van der Waals surface area contributed by atoms with E-state index >= 15 is 0 Å². The summed E-state index contributed by atoms with van der Waals surface area (Å²) in [4.78, 5) is 18.3. The van der Waals surface area contributed by atoms with Crippen LogP contribution in [0.3, 0.4) is 0 Å². The summed E-state index contributed by atoms with van der Waals surface area (Å²) in [6, 6.07) is 2.46. The second-order valence-electron chi connectivity index (χ2n) is 8.35. The fourth-order valence-corrected chi connectivity index (χ4v) is 4.45. The van der Waals surface area contributed by atoms with E-state index in [0.29, 0.717) is 25.3 Å². The molecule has 1 aliphatic heterocycles. The Morgan fingerprint density at radius 1 is 1.35 bits per heavy atom. The van der Waals surface area contributed by atoms with Crippen LogP contribution in [-0.2, 0) is 14.6 Å². The third kappa shape index (κ3) is 4.77. The van der Waals surface area contributed by atoms with Gasteiger partial charge in [0.05, 0.1) is 29.0 Å². The lowest BCUT2D eigenvalue weighted by Gasteiger charge is -2.25. The summed E-state index contributed by atoms with van der Waals surface area (Å²) < 4.78 is 56.6. The van der Waals surface area contributed by atoms with Crippen LogP contribution in [0.15, 0.2) is 27.6 Å². The fourth-order valence-electron chi connectivity index (χ4n) is 3.82. The van der Waals surface area contributed by atoms with Gasteiger partial charge in [0.15, 0.2) is 9.84 Å². The lowest BCUT2D eigenvalue weighted by atomic mass is 9.93. The molecule has 1 saturated heterocycles. The SMILES string of the molecule is CS(=O)(=O)c1ccc(-c2noc([C@@H](CC3CC3)[C@H](N)C(=O)N3CC[C@H](F)C3)n2)c(F)c1. The molecule has 1 saturated carbocycles. The van der Waals surface area contributed by atoms with E-state index in [9.17, 15) is 22.0 Å². The van der Waals surface area contributed by atoms with Crippen molar-refractivity contribution in [2.75, 3.05) is 19.3 Å². The Kier molecular flexibility index (Phi) is 5.82. The number of carbonyl (C=O) groups is 1. The van der Waals surface area contributed by atoms with Crippen molar-refractivity contribution >= 4 is 15.7 Å². The maximum atomic E-state index is 14.5. The minimum absolute atomic E-state index is 0.0210. The van der Waals surface area contributed by atoms with Crippen LogP contribution in [0.2, 0.25) is 0 Å². The first kappa shape index (κ1) is 21.8. The summed E-state index contributed by atoms with van der Waals surface area (Å²) in [5, 5.41) is 3.82. The van der Waals surface area contributed by atoms with Gasteiger partial charge >= 0.3 is 0 Å². The van der Waals surface area contributed by atoms with E-state index in [1.807, 2.05) is 0 Å². The highest BCUT2D eigenvalue weighted by atomic mass is 32.2. The predicted molar refractivity (Wildman–Crippen MR) is 107 cm³/mol. The lowest BCUT2D eigenvalue weighted by Crippen LogP contribution is -2.46. The van der Waals surface area contributed by atoms with E-state index in [0.717, 1.165) is 25.2 Å². The van der Waals surface area contributed by atoms with Gasteiger partial charge in [-0.05, 0) is 37.0 Å². The van der Waals surface area contributed by atoms with Crippen LogP contribution in [0, 0.1) is 11.7 Å². The average molecular weight is 454 g/mol. The number of amides is 1. The molecule has 8 nitrogen and oxygen atoms in total. The Labute approximate surface area is 178 Å². The van der Waals surface area contributed by atoms with Crippen molar-refractivity contribution in [3.05, 3.63) is 29.9 Å². The Balaban J connectivity index is 1.59. The summed E-state index contributed by atoms with van der Waals surface area (Å²) in [7, 11) is -3.56. The molecule has 4 rings (SSSR count). The third-order valence-corrected chi connectivity index (χ3v) is 6.92. The molecule has 1 aliphatic carbocycles. The van der Waals surface area contributed by atoms with Crippen molar-refractivity contribution < 1.29 is 26.5 Å². The number of sulfone groups is 1. The number of nitrogens with two attached hydrogens (primary N) is 1. The van der Waals surface area contributed by atoms with Crippen LogP contribution >= 0.6 is 0 Å². The van der Waals surface area contributed by atoms with Gasteiger partial charge in [-0.15, -0.1) is 0 Å². The van der Waals surface area contributed by atoms with Gasteiger partial charge in [-0.2, -0.15) is 4.98 Å². The third-order valence-electron chi connectivity index (χ3n) is 5.81. The average Bonchev–Trinajstić information content (AvgIpc) is 3.22. The quantitative estimate of drug-likeness (QED) is 0.680. The number of carbonyl (C=O) groups excluding carboxylic acids is 1. The Hall–Kier alpha value is -2.40. The molecule has 0 spiro atoms. The van der Waals surface area contributed by atoms with Crippen molar-refractivity contribution in [1.82, 2.24) is 15.0 Å². The van der Waals surface area contributed by atoms with Gasteiger partial charge in [-0.3, -0.25) is 4.79 Å². The fraction of sp³-hybridized carbons (Fsp3) is 0.550. The largest absolute Gasteiger partial charge is 0.339 e. The number of rotatable bonds is 7. The summed E-state index contributed by atoms with van der Waals surface area (Å²) in [5.41, 5.74) is 6.24. The summed E-state index contributed by atoms with van der Waals surface area (Å²) in [5.74, 6) is -1.30. The Morgan fingerprint density at radius 3 is 2.68 bits per heavy atom. The summed E-state index contributed by atoms with van der Waals surface area (Å²) in [6.07, 6.45) is 2.81. The zero-order valence-corrected chi connectivity index (χ0v) is 17.8. The number of likely N-dealkylation sites (tertiary alicyclic amines) is 1. The maximum Gasteiger partial charge on any atom is 0.240 e. The highest BCUT2D eigenvalue weighted by Crippen LogP contribution is 2.40. The van der Waals surface area contributed by atoms with Crippen LogP contribution in [0.4, 0.5) is 8.78 Å². The number of hydrogen-bond donors (Lipinski definition) is 1. The van der Waals surface area contributed by atoms with E-state index in [1.165, 1.54) is 17.0 Å². The van der Waals surface area contributed by atoms with E-state index in [-0.39, 0.29) is 34.6 Å². The van der Waals surface area contributed by atoms with E-state index in [1.54, 1.807) is 0 Å². The normalized spacial score (nSPS) is 21.3. The molecule has 3 atom stereocenters. The molecular formula is C20H24F2N4O4S. The first-order chi connectivity index (χ1) is 14.6. The molecule has 2 N–H and O–H groups in total. The Morgan fingerprint density at radius 2 is 2.10 bits per heavy atom. The molecule has 1 aromatic carbocycles. The number of benzene rings is 1. The first-order valence-electron chi connectivity index (χ1n) is 10.2. The van der Waals surface area contributed by atoms with E-state index in [4.69, 9.17) is 10.3 Å². The number of nitrogens with zero attached hydrogens (tertiary/aromatic N) is 3. The first-order valence-corrected chi connectivity index (χ1v) is 12.0. The Bertz CT molecular complexity index is 1090. The van der Waals surface area contributed by atoms with Crippen LogP contribution in [0.1, 0.15) is 37.5 Å². The van der Waals surface area contributed by atoms with E-state index in [2.05, 4.69) is 10.1 Å².